The molecule has 1 aromatic carbocycles. The van der Waals surface area contributed by atoms with Gasteiger partial charge in [0, 0.05) is 13.1 Å². The maximum Gasteiger partial charge on any atom is 0.240 e. The zero-order chi connectivity index (χ0) is 17.1. The minimum absolute atomic E-state index is 0.258. The lowest BCUT2D eigenvalue weighted by Crippen LogP contribution is -2.37. The molecule has 0 aliphatic carbocycles. The molecule has 0 saturated heterocycles. The molecule has 0 bridgehead atoms. The summed E-state index contributed by atoms with van der Waals surface area (Å²) in [6, 6.07) is 6.83. The molecular formula is C16H28N4O2S. The summed E-state index contributed by atoms with van der Waals surface area (Å²) in [6.45, 7) is 6.28. The molecule has 0 atom stereocenters. The Morgan fingerprint density at radius 3 is 2.61 bits per heavy atom. The maximum absolute atomic E-state index is 11.8. The van der Waals surface area contributed by atoms with Crippen molar-refractivity contribution in [1.29, 1.82) is 0 Å². The Morgan fingerprint density at radius 2 is 1.96 bits per heavy atom. The van der Waals surface area contributed by atoms with E-state index in [1.54, 1.807) is 18.2 Å². The quantitative estimate of drug-likeness (QED) is 0.364. The molecule has 1 aromatic rings. The van der Waals surface area contributed by atoms with Crippen molar-refractivity contribution in [2.24, 2.45) is 4.99 Å². The van der Waals surface area contributed by atoms with Gasteiger partial charge in [-0.3, -0.25) is 0 Å². The number of unbranched alkanes of at least 4 members (excludes halogenated alkanes) is 2. The average molecular weight is 340 g/mol. The van der Waals surface area contributed by atoms with Crippen LogP contribution in [0.5, 0.6) is 0 Å². The zero-order valence-corrected chi connectivity index (χ0v) is 15.0. The number of guanidine groups is 1. The Kier molecular flexibility index (Phi) is 8.65. The minimum atomic E-state index is -3.42. The van der Waals surface area contributed by atoms with Gasteiger partial charge in [0.15, 0.2) is 5.96 Å². The fraction of sp³-hybridized carbons (Fsp3) is 0.562. The van der Waals surface area contributed by atoms with E-state index in [4.69, 9.17) is 0 Å². The average Bonchev–Trinajstić information content (AvgIpc) is 2.56. The smallest absolute Gasteiger partial charge is 0.240 e. The first-order valence-electron chi connectivity index (χ1n) is 8.08. The van der Waals surface area contributed by atoms with Crippen LogP contribution in [-0.4, -0.2) is 34.5 Å². The zero-order valence-electron chi connectivity index (χ0n) is 14.2. The van der Waals surface area contributed by atoms with E-state index >= 15 is 0 Å². The Bertz CT molecular complexity index is 600. The van der Waals surface area contributed by atoms with Gasteiger partial charge in [0.05, 0.1) is 11.4 Å². The molecule has 0 fully saturated rings. The van der Waals surface area contributed by atoms with Crippen LogP contribution in [0.3, 0.4) is 0 Å². The fourth-order valence-electron chi connectivity index (χ4n) is 2.02. The van der Waals surface area contributed by atoms with Crippen LogP contribution in [0.25, 0.3) is 0 Å². The molecule has 0 radical (unpaired) electrons. The van der Waals surface area contributed by atoms with Gasteiger partial charge in [0.1, 0.15) is 0 Å². The molecule has 0 heterocycles. The Morgan fingerprint density at radius 1 is 1.17 bits per heavy atom. The van der Waals surface area contributed by atoms with Crippen molar-refractivity contribution >= 4 is 16.0 Å². The summed E-state index contributed by atoms with van der Waals surface area (Å²) in [5.41, 5.74) is 0.854. The second kappa shape index (κ2) is 10.2. The Balaban J connectivity index is 2.73. The van der Waals surface area contributed by atoms with Crippen molar-refractivity contribution in [3.05, 3.63) is 29.8 Å². The molecule has 1 rings (SSSR count). The molecule has 0 amide bonds. The number of nitrogens with zero attached hydrogens (tertiary/aromatic N) is 1. The van der Waals surface area contributed by atoms with Crippen LogP contribution in [0.15, 0.2) is 34.2 Å². The number of aliphatic imine (C=N–C) groups is 1. The minimum Gasteiger partial charge on any atom is -0.357 e. The standard InChI is InChI=1S/C16H28N4O2S/c1-4-6-7-11-19-16(18-5-2)20-13-14-9-8-10-15(12-14)23(21,22)17-3/h8-10,12,17H,4-7,11,13H2,1-3H3,(H2,18,19,20). The van der Waals surface area contributed by atoms with E-state index in [1.807, 2.05) is 13.0 Å². The highest BCUT2D eigenvalue weighted by atomic mass is 32.2. The van der Waals surface area contributed by atoms with Crippen molar-refractivity contribution in [3.8, 4) is 0 Å². The van der Waals surface area contributed by atoms with E-state index < -0.39 is 10.0 Å². The van der Waals surface area contributed by atoms with Crippen LogP contribution in [0.4, 0.5) is 0 Å². The number of rotatable bonds is 9. The first-order chi connectivity index (χ1) is 11.0. The number of nitrogens with one attached hydrogen (secondary N) is 3. The van der Waals surface area contributed by atoms with Crippen LogP contribution in [0, 0.1) is 0 Å². The van der Waals surface area contributed by atoms with Crippen molar-refractivity contribution in [3.63, 3.8) is 0 Å². The van der Waals surface area contributed by atoms with Crippen LogP contribution in [0.1, 0.15) is 38.7 Å². The van der Waals surface area contributed by atoms with Gasteiger partial charge in [-0.2, -0.15) is 0 Å². The number of sulfonamides is 1. The monoisotopic (exact) mass is 340 g/mol. The maximum atomic E-state index is 11.8. The van der Waals surface area contributed by atoms with Crippen LogP contribution < -0.4 is 15.4 Å². The van der Waals surface area contributed by atoms with Gasteiger partial charge in [-0.15, -0.1) is 0 Å². The molecule has 6 nitrogen and oxygen atoms in total. The summed E-state index contributed by atoms with van der Waals surface area (Å²) < 4.78 is 26.0. The van der Waals surface area contributed by atoms with Gasteiger partial charge < -0.3 is 10.6 Å². The molecule has 23 heavy (non-hydrogen) atoms. The molecule has 0 saturated carbocycles. The molecule has 0 aliphatic heterocycles. The topological polar surface area (TPSA) is 82.6 Å². The largest absolute Gasteiger partial charge is 0.357 e. The van der Waals surface area contributed by atoms with Gasteiger partial charge in [0.2, 0.25) is 10.0 Å². The van der Waals surface area contributed by atoms with Crippen molar-refractivity contribution in [2.45, 2.75) is 44.6 Å². The van der Waals surface area contributed by atoms with E-state index in [2.05, 4.69) is 27.3 Å². The van der Waals surface area contributed by atoms with Gasteiger partial charge in [-0.05, 0) is 38.1 Å². The summed E-state index contributed by atoms with van der Waals surface area (Å²) in [5, 5.41) is 6.48. The lowest BCUT2D eigenvalue weighted by molar-refractivity contribution is 0.588. The predicted octanol–water partition coefficient (Wildman–Crippen LogP) is 1.84. The first-order valence-corrected chi connectivity index (χ1v) is 9.56. The van der Waals surface area contributed by atoms with E-state index in [-0.39, 0.29) is 4.90 Å². The van der Waals surface area contributed by atoms with Gasteiger partial charge in [-0.1, -0.05) is 31.9 Å². The van der Waals surface area contributed by atoms with E-state index in [1.165, 1.54) is 19.9 Å². The lowest BCUT2D eigenvalue weighted by Gasteiger charge is -2.11. The highest BCUT2D eigenvalue weighted by Gasteiger charge is 2.11. The molecular weight excluding hydrogens is 312 g/mol. The third-order valence-electron chi connectivity index (χ3n) is 3.31. The molecule has 0 spiro atoms. The lowest BCUT2D eigenvalue weighted by atomic mass is 10.2. The predicted molar refractivity (Wildman–Crippen MR) is 95.0 cm³/mol. The van der Waals surface area contributed by atoms with Crippen LogP contribution in [-0.2, 0) is 16.6 Å². The highest BCUT2D eigenvalue weighted by molar-refractivity contribution is 7.89. The normalized spacial score (nSPS) is 12.2. The molecule has 0 aromatic heterocycles. The molecule has 0 aliphatic rings. The second-order valence-electron chi connectivity index (χ2n) is 5.18. The number of benzene rings is 1. The summed E-state index contributed by atoms with van der Waals surface area (Å²) in [6.07, 6.45) is 3.48. The molecule has 7 heteroatoms. The molecule has 3 N–H and O–H groups in total. The van der Waals surface area contributed by atoms with E-state index in [0.29, 0.717) is 6.54 Å². The van der Waals surface area contributed by atoms with E-state index in [0.717, 1.165) is 31.0 Å². The van der Waals surface area contributed by atoms with Crippen molar-refractivity contribution in [2.75, 3.05) is 20.1 Å². The number of hydrogen-bond acceptors (Lipinski definition) is 3. The Labute approximate surface area is 139 Å². The van der Waals surface area contributed by atoms with Gasteiger partial charge in [0.25, 0.3) is 0 Å². The number of hydrogen-bond donors (Lipinski definition) is 3. The van der Waals surface area contributed by atoms with Crippen molar-refractivity contribution in [1.82, 2.24) is 15.4 Å². The van der Waals surface area contributed by atoms with Crippen molar-refractivity contribution < 1.29 is 8.42 Å². The fourth-order valence-corrected chi connectivity index (χ4v) is 2.82. The summed E-state index contributed by atoms with van der Waals surface area (Å²) >= 11 is 0. The summed E-state index contributed by atoms with van der Waals surface area (Å²) in [7, 11) is -2.01. The molecule has 0 unspecified atom stereocenters. The molecule has 130 valence electrons. The third kappa shape index (κ3) is 7.00. The highest BCUT2D eigenvalue weighted by Crippen LogP contribution is 2.11. The third-order valence-corrected chi connectivity index (χ3v) is 4.73. The Hall–Kier alpha value is -1.60. The van der Waals surface area contributed by atoms with Gasteiger partial charge >= 0.3 is 0 Å². The van der Waals surface area contributed by atoms with Crippen LogP contribution in [0.2, 0.25) is 0 Å². The summed E-state index contributed by atoms with van der Waals surface area (Å²) in [5.74, 6) is 0.755. The van der Waals surface area contributed by atoms with E-state index in [9.17, 15) is 8.42 Å². The van der Waals surface area contributed by atoms with Crippen LogP contribution >= 0.6 is 0 Å². The first kappa shape index (κ1) is 19.4. The van der Waals surface area contributed by atoms with Gasteiger partial charge in [-0.25, -0.2) is 18.1 Å². The SMILES string of the molecule is CCCCCNC(=NCc1cccc(S(=O)(=O)NC)c1)NCC. The summed E-state index contributed by atoms with van der Waals surface area (Å²) in [4.78, 5) is 4.77. The second-order valence-corrected chi connectivity index (χ2v) is 7.07.